The zero-order chi connectivity index (χ0) is 22.2. The Bertz CT molecular complexity index is 1120. The maximum Gasteiger partial charge on any atom is 0.361 e. The molecule has 4 aromatic rings. The van der Waals surface area contributed by atoms with Gasteiger partial charge in [0.05, 0.1) is 30.9 Å². The molecule has 0 saturated heterocycles. The molecule has 0 fully saturated rings. The molecule has 0 aliphatic carbocycles. The van der Waals surface area contributed by atoms with E-state index in [9.17, 15) is 0 Å². The van der Waals surface area contributed by atoms with Crippen LogP contribution in [0.25, 0.3) is 34.6 Å². The first-order chi connectivity index (χ1) is 15.8. The quantitative estimate of drug-likeness (QED) is 0.270. The Morgan fingerprint density at radius 2 is 1.28 bits per heavy atom. The van der Waals surface area contributed by atoms with Crippen LogP contribution in [0.2, 0.25) is 0 Å². The normalized spacial score (nSPS) is 10.9. The largest absolute Gasteiger partial charge is 0.490 e. The molecule has 1 aromatic heterocycles. The molecule has 3 heteroatoms. The highest BCUT2D eigenvalue weighted by Crippen LogP contribution is 2.31. The lowest BCUT2D eigenvalue weighted by atomic mass is 10.0. The summed E-state index contributed by atoms with van der Waals surface area (Å²) in [4.78, 5) is 0. The molecular weight excluding hydrogens is 396 g/mol. The Balaban J connectivity index is 1.71. The minimum atomic E-state index is 0.585. The van der Waals surface area contributed by atoms with Crippen LogP contribution in [0.4, 0.5) is 0 Å². The summed E-state index contributed by atoms with van der Waals surface area (Å²) in [5.41, 5.74) is 4.31. The fourth-order valence-electron chi connectivity index (χ4n) is 3.50. The fourth-order valence-corrected chi connectivity index (χ4v) is 3.50. The lowest BCUT2D eigenvalue weighted by Crippen LogP contribution is -1.98. The van der Waals surface area contributed by atoms with E-state index < -0.39 is 0 Å². The van der Waals surface area contributed by atoms with Gasteiger partial charge in [-0.15, -0.1) is 0 Å². The summed E-state index contributed by atoms with van der Waals surface area (Å²) in [5, 5.41) is 0. The molecule has 4 rings (SSSR count). The summed E-state index contributed by atoms with van der Waals surface area (Å²) in [6, 6.07) is 30.6. The van der Waals surface area contributed by atoms with Crippen LogP contribution in [-0.4, -0.2) is 13.2 Å². The van der Waals surface area contributed by atoms with Crippen molar-refractivity contribution in [3.05, 3.63) is 102 Å². The summed E-state index contributed by atoms with van der Waals surface area (Å²) >= 11 is 0. The Hall–Kier alpha value is -3.85. The summed E-state index contributed by atoms with van der Waals surface area (Å²) in [7, 11) is 0. The minimum absolute atomic E-state index is 0.585. The second kappa shape index (κ2) is 10.5. The van der Waals surface area contributed by atoms with Crippen molar-refractivity contribution in [2.45, 2.75) is 13.8 Å². The van der Waals surface area contributed by atoms with E-state index >= 15 is 0 Å². The second-order valence-corrected chi connectivity index (χ2v) is 7.25. The van der Waals surface area contributed by atoms with Crippen molar-refractivity contribution in [3.8, 4) is 33.9 Å². The van der Waals surface area contributed by atoms with Crippen molar-refractivity contribution >= 4 is 12.2 Å². The monoisotopic (exact) mass is 423 g/mol. The molecule has 1 heterocycles. The Morgan fingerprint density at radius 3 is 1.97 bits per heavy atom. The van der Waals surface area contributed by atoms with E-state index in [1.165, 1.54) is 0 Å². The molecule has 0 atom stereocenters. The van der Waals surface area contributed by atoms with Crippen molar-refractivity contribution in [1.82, 2.24) is 0 Å². The Morgan fingerprint density at radius 1 is 0.625 bits per heavy atom. The molecule has 0 radical (unpaired) electrons. The molecule has 0 amide bonds. The lowest BCUT2D eigenvalue weighted by molar-refractivity contribution is 0.287. The minimum Gasteiger partial charge on any atom is -0.490 e. The first-order valence-electron chi connectivity index (χ1n) is 10.9. The third-order valence-electron chi connectivity index (χ3n) is 4.99. The van der Waals surface area contributed by atoms with E-state index in [1.54, 1.807) is 0 Å². The standard InChI is InChI=1S/C29H27O3/c1-3-30-27-18-16-22(19-29(27)31-4-2)15-17-26-20-25(23-11-7-5-8-12-23)21-28(32-26)24-13-9-6-10-14-24/h5-21H,3-4H2,1-2H3/q+1/b17-15+. The molecule has 0 aliphatic rings. The fraction of sp³-hybridized carbons (Fsp3) is 0.138. The molecule has 0 saturated carbocycles. The highest BCUT2D eigenvalue weighted by atomic mass is 16.5. The van der Waals surface area contributed by atoms with Crippen LogP contribution in [0.3, 0.4) is 0 Å². The molecule has 0 N–H and O–H groups in total. The van der Waals surface area contributed by atoms with Gasteiger partial charge in [0.15, 0.2) is 11.5 Å². The van der Waals surface area contributed by atoms with E-state index in [1.807, 2.05) is 80.6 Å². The predicted molar refractivity (Wildman–Crippen MR) is 132 cm³/mol. The maximum absolute atomic E-state index is 6.24. The first kappa shape index (κ1) is 21.4. The van der Waals surface area contributed by atoms with Crippen molar-refractivity contribution in [2.24, 2.45) is 0 Å². The summed E-state index contributed by atoms with van der Waals surface area (Å²) in [6.45, 7) is 5.12. The van der Waals surface area contributed by atoms with Crippen molar-refractivity contribution in [3.63, 3.8) is 0 Å². The number of hydrogen-bond donors (Lipinski definition) is 0. The summed E-state index contributed by atoms with van der Waals surface area (Å²) in [6.07, 6.45) is 4.02. The van der Waals surface area contributed by atoms with E-state index in [2.05, 4.69) is 36.4 Å². The molecule has 0 bridgehead atoms. The van der Waals surface area contributed by atoms with E-state index in [0.29, 0.717) is 13.2 Å². The molecular formula is C29H27O3+. The van der Waals surface area contributed by atoms with E-state index in [-0.39, 0.29) is 0 Å². The molecule has 0 aliphatic heterocycles. The molecule has 0 spiro atoms. The van der Waals surface area contributed by atoms with Crippen LogP contribution >= 0.6 is 0 Å². The van der Waals surface area contributed by atoms with E-state index in [4.69, 9.17) is 13.9 Å². The molecule has 3 aromatic carbocycles. The van der Waals surface area contributed by atoms with Crippen LogP contribution in [0.5, 0.6) is 11.5 Å². The van der Waals surface area contributed by atoms with Gasteiger partial charge in [-0.2, -0.15) is 0 Å². The highest BCUT2D eigenvalue weighted by Gasteiger charge is 2.17. The number of rotatable bonds is 8. The lowest BCUT2D eigenvalue weighted by Gasteiger charge is -2.11. The molecule has 32 heavy (non-hydrogen) atoms. The number of ether oxygens (including phenoxy) is 2. The van der Waals surface area contributed by atoms with Gasteiger partial charge in [-0.05, 0) is 55.3 Å². The molecule has 3 nitrogen and oxygen atoms in total. The van der Waals surface area contributed by atoms with Gasteiger partial charge in [0, 0.05) is 11.6 Å². The summed E-state index contributed by atoms with van der Waals surface area (Å²) < 4.78 is 17.7. The third kappa shape index (κ3) is 5.25. The predicted octanol–water partition coefficient (Wildman–Crippen LogP) is 7.86. The van der Waals surface area contributed by atoms with Crippen LogP contribution in [0.15, 0.2) is 95.4 Å². The van der Waals surface area contributed by atoms with Gasteiger partial charge in [-0.3, -0.25) is 0 Å². The average molecular weight is 424 g/mol. The van der Waals surface area contributed by atoms with Gasteiger partial charge < -0.3 is 9.47 Å². The smallest absolute Gasteiger partial charge is 0.361 e. The van der Waals surface area contributed by atoms with Crippen LogP contribution < -0.4 is 9.47 Å². The van der Waals surface area contributed by atoms with Crippen molar-refractivity contribution in [2.75, 3.05) is 13.2 Å². The Labute approximate surface area is 189 Å². The van der Waals surface area contributed by atoms with Gasteiger partial charge in [0.25, 0.3) is 0 Å². The SMILES string of the molecule is CCOc1ccc(/C=C/c2cc(-c3ccccc3)cc(-c3ccccc3)[o+]2)cc1OCC. The average Bonchev–Trinajstić information content (AvgIpc) is 2.85. The summed E-state index contributed by atoms with van der Waals surface area (Å²) in [5.74, 6) is 3.11. The van der Waals surface area contributed by atoms with Gasteiger partial charge in [-0.1, -0.05) is 54.6 Å². The topological polar surface area (TPSA) is 29.8 Å². The highest BCUT2D eigenvalue weighted by molar-refractivity contribution is 5.75. The van der Waals surface area contributed by atoms with Crippen LogP contribution in [-0.2, 0) is 0 Å². The number of benzene rings is 3. The third-order valence-corrected chi connectivity index (χ3v) is 4.99. The molecule has 160 valence electrons. The Kier molecular flexibility index (Phi) is 6.98. The maximum atomic E-state index is 6.24. The first-order valence-corrected chi connectivity index (χ1v) is 10.9. The zero-order valence-corrected chi connectivity index (χ0v) is 18.5. The van der Waals surface area contributed by atoms with Crippen molar-refractivity contribution in [1.29, 1.82) is 0 Å². The zero-order valence-electron chi connectivity index (χ0n) is 18.5. The van der Waals surface area contributed by atoms with E-state index in [0.717, 1.165) is 45.3 Å². The molecule has 0 unspecified atom stereocenters. The number of hydrogen-bond acceptors (Lipinski definition) is 2. The van der Waals surface area contributed by atoms with Crippen LogP contribution in [0, 0.1) is 0 Å². The van der Waals surface area contributed by atoms with Gasteiger partial charge in [-0.25, -0.2) is 4.42 Å². The second-order valence-electron chi connectivity index (χ2n) is 7.25. The van der Waals surface area contributed by atoms with Crippen LogP contribution in [0.1, 0.15) is 25.2 Å². The van der Waals surface area contributed by atoms with Crippen molar-refractivity contribution < 1.29 is 13.9 Å². The van der Waals surface area contributed by atoms with Gasteiger partial charge >= 0.3 is 11.5 Å². The van der Waals surface area contributed by atoms with Gasteiger partial charge in [0.2, 0.25) is 0 Å². The van der Waals surface area contributed by atoms with Gasteiger partial charge in [0.1, 0.15) is 0 Å².